The van der Waals surface area contributed by atoms with E-state index in [1.54, 1.807) is 0 Å². The molecule has 0 aliphatic rings. The van der Waals surface area contributed by atoms with Crippen molar-refractivity contribution in [2.45, 2.75) is 39.0 Å². The molecular formula is C14H14F4O4. The third kappa shape index (κ3) is 2.90. The van der Waals surface area contributed by atoms with E-state index in [0.29, 0.717) is 0 Å². The summed E-state index contributed by atoms with van der Waals surface area (Å²) in [4.78, 5) is 22.2. The second kappa shape index (κ2) is 6.33. The van der Waals surface area contributed by atoms with Crippen molar-refractivity contribution in [3.63, 3.8) is 0 Å². The largest absolute Gasteiger partial charge is 0.478 e. The highest BCUT2D eigenvalue weighted by Crippen LogP contribution is 2.40. The Morgan fingerprint density at radius 2 is 1.45 bits per heavy atom. The molecule has 122 valence electrons. The van der Waals surface area contributed by atoms with Crippen molar-refractivity contribution in [1.82, 2.24) is 0 Å². The van der Waals surface area contributed by atoms with E-state index in [2.05, 4.69) is 0 Å². The third-order valence-corrected chi connectivity index (χ3v) is 3.22. The third-order valence-electron chi connectivity index (χ3n) is 3.22. The van der Waals surface area contributed by atoms with Gasteiger partial charge < -0.3 is 10.2 Å². The molecule has 0 spiro atoms. The second-order valence-electron chi connectivity index (χ2n) is 4.65. The van der Waals surface area contributed by atoms with Crippen molar-refractivity contribution in [2.75, 3.05) is 0 Å². The number of rotatable bonds is 6. The molecule has 0 atom stereocenters. The van der Waals surface area contributed by atoms with Gasteiger partial charge in [-0.05, 0) is 12.0 Å². The number of carboxylic acid groups (broad SMARTS) is 2. The summed E-state index contributed by atoms with van der Waals surface area (Å²) < 4.78 is 55.9. The number of carboxylic acids is 2. The summed E-state index contributed by atoms with van der Waals surface area (Å²) in [5, 5.41) is 18.0. The van der Waals surface area contributed by atoms with Gasteiger partial charge in [-0.1, -0.05) is 20.3 Å². The van der Waals surface area contributed by atoms with Crippen molar-refractivity contribution in [2.24, 2.45) is 0 Å². The number of halogens is 4. The molecule has 0 heterocycles. The molecule has 0 saturated heterocycles. The molecule has 0 radical (unpaired) electrons. The maximum Gasteiger partial charge on any atom is 0.339 e. The molecule has 0 saturated carbocycles. The Labute approximate surface area is 123 Å². The fourth-order valence-electron chi connectivity index (χ4n) is 2.24. The lowest BCUT2D eigenvalue weighted by Crippen LogP contribution is -2.25. The highest BCUT2D eigenvalue weighted by Gasteiger charge is 2.42. The van der Waals surface area contributed by atoms with Crippen LogP contribution in [0.5, 0.6) is 0 Å². The van der Waals surface area contributed by atoms with Crippen LogP contribution in [0.4, 0.5) is 17.6 Å². The summed E-state index contributed by atoms with van der Waals surface area (Å²) in [5.74, 6) is -11.8. The topological polar surface area (TPSA) is 74.6 Å². The number of carbonyl (C=O) groups is 2. The van der Waals surface area contributed by atoms with Gasteiger partial charge in [0.25, 0.3) is 5.92 Å². The first-order valence-corrected chi connectivity index (χ1v) is 6.48. The Kier molecular flexibility index (Phi) is 5.16. The molecule has 0 bridgehead atoms. The molecule has 0 aliphatic heterocycles. The van der Waals surface area contributed by atoms with Crippen LogP contribution in [0.2, 0.25) is 0 Å². The average Bonchev–Trinajstić information content (AvgIpc) is 2.41. The molecule has 2 N–H and O–H groups in total. The van der Waals surface area contributed by atoms with Gasteiger partial charge >= 0.3 is 11.9 Å². The van der Waals surface area contributed by atoms with Crippen LogP contribution >= 0.6 is 0 Å². The molecule has 8 heteroatoms. The van der Waals surface area contributed by atoms with Crippen molar-refractivity contribution < 1.29 is 37.4 Å². The molecule has 1 aromatic carbocycles. The van der Waals surface area contributed by atoms with Gasteiger partial charge in [-0.25, -0.2) is 27.2 Å². The molecule has 0 aromatic heterocycles. The molecular weight excluding hydrogens is 308 g/mol. The molecule has 0 aliphatic carbocycles. The van der Waals surface area contributed by atoms with E-state index >= 15 is 0 Å². The smallest absolute Gasteiger partial charge is 0.339 e. The van der Waals surface area contributed by atoms with Gasteiger partial charge in [0.05, 0.1) is 0 Å². The maximum atomic E-state index is 14.1. The maximum absolute atomic E-state index is 14.1. The van der Waals surface area contributed by atoms with Crippen molar-refractivity contribution in [3.05, 3.63) is 33.9 Å². The Morgan fingerprint density at radius 1 is 1.00 bits per heavy atom. The van der Waals surface area contributed by atoms with E-state index in [1.807, 2.05) is 0 Å². The SMILES string of the molecule is CCCc1c(C(=O)O)c(F)c(F)c(C(=O)O)c1C(F)(F)CC. The summed E-state index contributed by atoms with van der Waals surface area (Å²) in [7, 11) is 0. The van der Waals surface area contributed by atoms with E-state index in [1.165, 1.54) is 6.92 Å². The van der Waals surface area contributed by atoms with Crippen LogP contribution in [0.25, 0.3) is 0 Å². The summed E-state index contributed by atoms with van der Waals surface area (Å²) in [6.07, 6.45) is -1.05. The minimum Gasteiger partial charge on any atom is -0.478 e. The highest BCUT2D eigenvalue weighted by molar-refractivity contribution is 5.96. The molecule has 4 nitrogen and oxygen atoms in total. The van der Waals surface area contributed by atoms with Gasteiger partial charge in [0.15, 0.2) is 11.6 Å². The number of benzene rings is 1. The number of alkyl halides is 2. The Morgan fingerprint density at radius 3 is 1.82 bits per heavy atom. The zero-order valence-corrected chi connectivity index (χ0v) is 11.8. The minimum absolute atomic E-state index is 0.150. The summed E-state index contributed by atoms with van der Waals surface area (Å²) in [6, 6.07) is 0. The predicted molar refractivity (Wildman–Crippen MR) is 68.5 cm³/mol. The van der Waals surface area contributed by atoms with Gasteiger partial charge in [-0.15, -0.1) is 0 Å². The van der Waals surface area contributed by atoms with Gasteiger partial charge in [-0.2, -0.15) is 0 Å². The Bertz CT molecular complexity index is 626. The van der Waals surface area contributed by atoms with E-state index in [-0.39, 0.29) is 12.8 Å². The van der Waals surface area contributed by atoms with Crippen molar-refractivity contribution >= 4 is 11.9 Å². The van der Waals surface area contributed by atoms with Crippen LogP contribution in [0.15, 0.2) is 0 Å². The molecule has 1 aromatic rings. The molecule has 1 rings (SSSR count). The lowest BCUT2D eigenvalue weighted by atomic mass is 9.87. The zero-order valence-electron chi connectivity index (χ0n) is 11.8. The van der Waals surface area contributed by atoms with E-state index < -0.39 is 58.2 Å². The first kappa shape index (κ1) is 17.9. The average molecular weight is 322 g/mol. The summed E-state index contributed by atoms with van der Waals surface area (Å²) in [5.41, 5.74) is -4.70. The molecule has 0 fully saturated rings. The predicted octanol–water partition coefficient (Wildman–Crippen LogP) is 3.82. The summed E-state index contributed by atoms with van der Waals surface area (Å²) >= 11 is 0. The fourth-order valence-corrected chi connectivity index (χ4v) is 2.24. The monoisotopic (exact) mass is 322 g/mol. The van der Waals surface area contributed by atoms with Crippen LogP contribution in [0, 0.1) is 11.6 Å². The quantitative estimate of drug-likeness (QED) is 0.781. The van der Waals surface area contributed by atoms with Crippen LogP contribution in [-0.2, 0) is 12.3 Å². The van der Waals surface area contributed by atoms with Crippen molar-refractivity contribution in [3.8, 4) is 0 Å². The number of aromatic carboxylic acids is 2. The normalized spacial score (nSPS) is 11.5. The van der Waals surface area contributed by atoms with E-state index in [9.17, 15) is 27.2 Å². The second-order valence-corrected chi connectivity index (χ2v) is 4.65. The molecule has 22 heavy (non-hydrogen) atoms. The first-order chi connectivity index (χ1) is 10.1. The molecule has 0 unspecified atom stereocenters. The zero-order chi connectivity index (χ0) is 17.2. The number of hydrogen-bond acceptors (Lipinski definition) is 2. The van der Waals surface area contributed by atoms with Gasteiger partial charge in [0.2, 0.25) is 0 Å². The first-order valence-electron chi connectivity index (χ1n) is 6.48. The number of hydrogen-bond donors (Lipinski definition) is 2. The van der Waals surface area contributed by atoms with Gasteiger partial charge in [0.1, 0.15) is 11.1 Å². The molecule has 0 amide bonds. The van der Waals surface area contributed by atoms with E-state index in [4.69, 9.17) is 10.2 Å². The highest BCUT2D eigenvalue weighted by atomic mass is 19.3. The lowest BCUT2D eigenvalue weighted by molar-refractivity contribution is -0.0112. The Hall–Kier alpha value is -2.12. The lowest BCUT2D eigenvalue weighted by Gasteiger charge is -2.23. The fraction of sp³-hybridized carbons (Fsp3) is 0.429. The van der Waals surface area contributed by atoms with Crippen LogP contribution < -0.4 is 0 Å². The Balaban J connectivity index is 4.05. The van der Waals surface area contributed by atoms with Crippen LogP contribution in [0.3, 0.4) is 0 Å². The standard InChI is InChI=1S/C14H14F4O4/c1-3-5-6-7(12(19)20)10(15)11(16)8(13(21)22)9(6)14(17,18)4-2/h3-5H2,1-2H3,(H,19,20)(H,21,22). The van der Waals surface area contributed by atoms with Crippen LogP contribution in [-0.4, -0.2) is 22.2 Å². The van der Waals surface area contributed by atoms with E-state index in [0.717, 1.165) is 6.92 Å². The van der Waals surface area contributed by atoms with Gasteiger partial charge in [0, 0.05) is 12.0 Å². The minimum atomic E-state index is -3.79. The van der Waals surface area contributed by atoms with Gasteiger partial charge in [-0.3, -0.25) is 0 Å². The summed E-state index contributed by atoms with van der Waals surface area (Å²) in [6.45, 7) is 2.55. The van der Waals surface area contributed by atoms with Crippen LogP contribution in [0.1, 0.15) is 58.5 Å². The van der Waals surface area contributed by atoms with Crippen molar-refractivity contribution in [1.29, 1.82) is 0 Å².